The van der Waals surface area contributed by atoms with E-state index in [9.17, 15) is 23.1 Å². The molecular formula is C17H22N2O5S. The molecule has 1 aromatic rings. The van der Waals surface area contributed by atoms with E-state index in [1.54, 1.807) is 12.1 Å². The zero-order chi connectivity index (χ0) is 18.4. The summed E-state index contributed by atoms with van der Waals surface area (Å²) in [7, 11) is -3.61. The van der Waals surface area contributed by atoms with Crippen LogP contribution < -0.4 is 0 Å². The van der Waals surface area contributed by atoms with Crippen LogP contribution in [0.15, 0.2) is 24.3 Å². The summed E-state index contributed by atoms with van der Waals surface area (Å²) in [6, 6.07) is 7.25. The van der Waals surface area contributed by atoms with Crippen molar-refractivity contribution in [2.75, 3.05) is 26.2 Å². The molecule has 1 aromatic carbocycles. The van der Waals surface area contributed by atoms with Crippen LogP contribution in [0.3, 0.4) is 0 Å². The van der Waals surface area contributed by atoms with E-state index in [1.165, 1.54) is 16.1 Å². The van der Waals surface area contributed by atoms with Crippen LogP contribution in [0.5, 0.6) is 0 Å². The van der Waals surface area contributed by atoms with Crippen LogP contribution in [0.25, 0.3) is 0 Å². The van der Waals surface area contributed by atoms with E-state index >= 15 is 0 Å². The van der Waals surface area contributed by atoms with Gasteiger partial charge in [-0.15, -0.1) is 0 Å². The van der Waals surface area contributed by atoms with Crippen molar-refractivity contribution in [3.8, 4) is 0 Å². The number of hydrogen-bond donors (Lipinski definition) is 1. The highest BCUT2D eigenvalue weighted by molar-refractivity contribution is 7.88. The molecule has 25 heavy (non-hydrogen) atoms. The summed E-state index contributed by atoms with van der Waals surface area (Å²) in [5.74, 6) is -1.73. The molecule has 0 bridgehead atoms. The third kappa shape index (κ3) is 3.16. The number of aryl methyl sites for hydroxylation is 1. The van der Waals surface area contributed by atoms with Gasteiger partial charge in [-0.2, -0.15) is 0 Å². The number of carboxylic acids is 1. The number of carbonyl (C=O) groups is 2. The average Bonchev–Trinajstić information content (AvgIpc) is 3.05. The van der Waals surface area contributed by atoms with E-state index in [4.69, 9.17) is 0 Å². The van der Waals surface area contributed by atoms with Gasteiger partial charge >= 0.3 is 5.97 Å². The van der Waals surface area contributed by atoms with Gasteiger partial charge in [0.2, 0.25) is 15.9 Å². The fourth-order valence-corrected chi connectivity index (χ4v) is 5.39. The summed E-state index contributed by atoms with van der Waals surface area (Å²) < 4.78 is 26.8. The van der Waals surface area contributed by atoms with E-state index in [0.717, 1.165) is 5.56 Å². The van der Waals surface area contributed by atoms with Crippen LogP contribution in [0.4, 0.5) is 0 Å². The molecule has 0 saturated carbocycles. The number of carbonyl (C=O) groups excluding carboxylic acids is 1. The zero-order valence-corrected chi connectivity index (χ0v) is 15.1. The van der Waals surface area contributed by atoms with Gasteiger partial charge in [-0.05, 0) is 12.5 Å². The summed E-state index contributed by atoms with van der Waals surface area (Å²) in [5, 5.41) is 9.72. The topological polar surface area (TPSA) is 95.0 Å². The maximum absolute atomic E-state index is 12.8. The van der Waals surface area contributed by atoms with Crippen LogP contribution in [0.2, 0.25) is 0 Å². The Bertz CT molecular complexity index is 805. The van der Waals surface area contributed by atoms with Gasteiger partial charge < -0.3 is 10.0 Å². The second kappa shape index (κ2) is 6.10. The van der Waals surface area contributed by atoms with Crippen molar-refractivity contribution < 1.29 is 23.1 Å². The third-order valence-electron chi connectivity index (χ3n) is 5.31. The molecule has 2 aliphatic heterocycles. The highest BCUT2D eigenvalue weighted by atomic mass is 32.2. The van der Waals surface area contributed by atoms with E-state index < -0.39 is 21.4 Å². The molecule has 2 atom stereocenters. The fourth-order valence-electron chi connectivity index (χ4n) is 3.76. The lowest BCUT2D eigenvalue weighted by Crippen LogP contribution is -2.42. The molecule has 7 nitrogen and oxygen atoms in total. The predicted molar refractivity (Wildman–Crippen MR) is 91.2 cm³/mol. The third-order valence-corrected chi connectivity index (χ3v) is 7.08. The second-order valence-electron chi connectivity index (χ2n) is 7.09. The van der Waals surface area contributed by atoms with Crippen molar-refractivity contribution in [1.82, 2.24) is 9.21 Å². The molecule has 2 saturated heterocycles. The minimum atomic E-state index is -3.61. The Balaban J connectivity index is 1.80. The minimum absolute atomic E-state index is 0.0683. The van der Waals surface area contributed by atoms with Gasteiger partial charge in [-0.1, -0.05) is 29.8 Å². The summed E-state index contributed by atoms with van der Waals surface area (Å²) in [6.45, 7) is 3.76. The first-order chi connectivity index (χ1) is 11.6. The van der Waals surface area contributed by atoms with Crippen molar-refractivity contribution in [3.05, 3.63) is 35.4 Å². The molecule has 2 heterocycles. The molecule has 2 aliphatic rings. The number of amides is 1. The predicted octanol–water partition coefficient (Wildman–Crippen LogP) is 0.690. The largest absolute Gasteiger partial charge is 0.481 e. The number of likely N-dealkylation sites (tertiary alicyclic amines) is 1. The summed E-state index contributed by atoms with van der Waals surface area (Å²) in [5.41, 5.74) is 0.523. The smallest absolute Gasteiger partial charge is 0.313 e. The highest BCUT2D eigenvalue weighted by Crippen LogP contribution is 2.44. The van der Waals surface area contributed by atoms with Crippen molar-refractivity contribution in [1.29, 1.82) is 0 Å². The molecule has 3 rings (SSSR count). The molecule has 2 fully saturated rings. The van der Waals surface area contributed by atoms with Gasteiger partial charge in [0, 0.05) is 39.0 Å². The number of sulfonamides is 1. The molecule has 8 heteroatoms. The van der Waals surface area contributed by atoms with Gasteiger partial charge in [0.25, 0.3) is 0 Å². The molecular weight excluding hydrogens is 344 g/mol. The zero-order valence-electron chi connectivity index (χ0n) is 14.3. The van der Waals surface area contributed by atoms with Crippen LogP contribution in [0.1, 0.15) is 18.1 Å². The van der Waals surface area contributed by atoms with Crippen LogP contribution in [-0.4, -0.2) is 60.8 Å². The van der Waals surface area contributed by atoms with Crippen molar-refractivity contribution in [3.63, 3.8) is 0 Å². The lowest BCUT2D eigenvalue weighted by molar-refractivity contribution is -0.148. The second-order valence-corrected chi connectivity index (χ2v) is 9.06. The van der Waals surface area contributed by atoms with E-state index in [-0.39, 0.29) is 43.8 Å². The normalized spacial score (nSPS) is 26.6. The number of aliphatic carboxylic acids is 1. The Morgan fingerprint density at radius 1 is 1.20 bits per heavy atom. The van der Waals surface area contributed by atoms with Crippen molar-refractivity contribution >= 4 is 21.9 Å². The Kier molecular flexibility index (Phi) is 4.36. The minimum Gasteiger partial charge on any atom is -0.481 e. The van der Waals surface area contributed by atoms with Gasteiger partial charge in [-0.3, -0.25) is 9.59 Å². The van der Waals surface area contributed by atoms with Crippen LogP contribution in [0, 0.1) is 18.3 Å². The SMILES string of the molecule is CC(=O)N1C[C@H]2CN(S(=O)(=O)Cc3ccc(C)cc3)C[C@@]2(C(=O)O)C1. The maximum Gasteiger partial charge on any atom is 0.313 e. The Hall–Kier alpha value is -1.93. The standard InChI is InChI=1S/C17H22N2O5S/c1-12-3-5-14(6-4-12)9-25(23,24)19-8-15-7-18(13(2)20)10-17(15,11-19)16(21)22/h3-6,15H,7-11H2,1-2H3,(H,21,22)/t15-,17-/m0/s1. The number of fused-ring (bicyclic) bond motifs is 1. The number of hydrogen-bond acceptors (Lipinski definition) is 4. The summed E-state index contributed by atoms with van der Waals surface area (Å²) >= 11 is 0. The number of nitrogens with zero attached hydrogens (tertiary/aromatic N) is 2. The molecule has 0 radical (unpaired) electrons. The molecule has 0 aromatic heterocycles. The Morgan fingerprint density at radius 3 is 2.36 bits per heavy atom. The Morgan fingerprint density at radius 2 is 1.84 bits per heavy atom. The lowest BCUT2D eigenvalue weighted by atomic mass is 9.81. The van der Waals surface area contributed by atoms with Gasteiger partial charge in [0.05, 0.1) is 5.75 Å². The summed E-state index contributed by atoms with van der Waals surface area (Å²) in [6.07, 6.45) is 0. The summed E-state index contributed by atoms with van der Waals surface area (Å²) in [4.78, 5) is 25.0. The Labute approximate surface area is 147 Å². The lowest BCUT2D eigenvalue weighted by Gasteiger charge is -2.24. The van der Waals surface area contributed by atoms with Crippen molar-refractivity contribution in [2.45, 2.75) is 19.6 Å². The first-order valence-electron chi connectivity index (χ1n) is 8.16. The molecule has 1 amide bonds. The average molecular weight is 366 g/mol. The number of rotatable bonds is 4. The number of carboxylic acid groups (broad SMARTS) is 1. The molecule has 136 valence electrons. The molecule has 1 N–H and O–H groups in total. The van der Waals surface area contributed by atoms with Gasteiger partial charge in [-0.25, -0.2) is 12.7 Å². The molecule has 0 spiro atoms. The highest BCUT2D eigenvalue weighted by Gasteiger charge is 2.60. The quantitative estimate of drug-likeness (QED) is 0.846. The molecule has 0 aliphatic carbocycles. The van der Waals surface area contributed by atoms with Gasteiger partial charge in [0.15, 0.2) is 0 Å². The first kappa shape index (κ1) is 17.9. The number of benzene rings is 1. The maximum atomic E-state index is 12.8. The molecule has 0 unspecified atom stereocenters. The monoisotopic (exact) mass is 366 g/mol. The first-order valence-corrected chi connectivity index (χ1v) is 9.77. The van der Waals surface area contributed by atoms with Gasteiger partial charge in [0.1, 0.15) is 5.41 Å². The van der Waals surface area contributed by atoms with Crippen molar-refractivity contribution in [2.24, 2.45) is 11.3 Å². The van der Waals surface area contributed by atoms with E-state index in [0.29, 0.717) is 5.56 Å². The van der Waals surface area contributed by atoms with E-state index in [2.05, 4.69) is 0 Å². The van der Waals surface area contributed by atoms with Crippen LogP contribution >= 0.6 is 0 Å². The van der Waals surface area contributed by atoms with E-state index in [1.807, 2.05) is 19.1 Å². The van der Waals surface area contributed by atoms with Crippen LogP contribution in [-0.2, 0) is 25.4 Å². The fraction of sp³-hybridized carbons (Fsp3) is 0.529.